The minimum absolute atomic E-state index is 0.245. The van der Waals surface area contributed by atoms with Gasteiger partial charge in [0.2, 0.25) is 0 Å². The molecule has 0 aliphatic carbocycles. The molecule has 0 N–H and O–H groups in total. The van der Waals surface area contributed by atoms with E-state index in [9.17, 15) is 0 Å². The van der Waals surface area contributed by atoms with Crippen molar-refractivity contribution in [2.75, 3.05) is 0 Å². The molecule has 0 rings (SSSR count). The maximum atomic E-state index is 8.71. The SMILES string of the molecule is CCCC(CCC)B(C)C#N. The lowest BCUT2D eigenvalue weighted by molar-refractivity contribution is 0.645. The highest BCUT2D eigenvalue weighted by Gasteiger charge is 2.18. The Bertz CT molecular complexity index is 122. The molecule has 0 saturated carbocycles. The van der Waals surface area contributed by atoms with Gasteiger partial charge >= 0.3 is 0 Å². The first-order chi connectivity index (χ1) is 5.26. The van der Waals surface area contributed by atoms with E-state index in [0.717, 1.165) is 0 Å². The Balaban J connectivity index is 3.78. The predicted molar refractivity (Wildman–Crippen MR) is 50.8 cm³/mol. The second-order valence-corrected chi connectivity index (χ2v) is 3.26. The third kappa shape index (κ3) is 4.08. The summed E-state index contributed by atoms with van der Waals surface area (Å²) in [7, 11) is 0. The number of rotatable bonds is 5. The minimum atomic E-state index is 0.245. The topological polar surface area (TPSA) is 23.8 Å². The molecule has 0 heterocycles. The highest BCUT2D eigenvalue weighted by atomic mass is 14.2. The molecule has 11 heavy (non-hydrogen) atoms. The standard InChI is InChI=1S/C9H18BN/c1-4-6-9(7-5-2)10(3)8-11/h9H,4-7H2,1-3H3. The molecule has 0 aromatic carbocycles. The van der Waals surface area contributed by atoms with Gasteiger partial charge in [-0.3, -0.25) is 0 Å². The Morgan fingerprint density at radius 3 is 2.00 bits per heavy atom. The molecule has 0 radical (unpaired) electrons. The van der Waals surface area contributed by atoms with Crippen LogP contribution in [-0.2, 0) is 0 Å². The zero-order chi connectivity index (χ0) is 8.69. The summed E-state index contributed by atoms with van der Waals surface area (Å²) in [6, 6.07) is 0. The van der Waals surface area contributed by atoms with E-state index in [0.29, 0.717) is 5.82 Å². The van der Waals surface area contributed by atoms with Crippen LogP contribution in [0, 0.1) is 11.2 Å². The van der Waals surface area contributed by atoms with E-state index in [-0.39, 0.29) is 6.71 Å². The largest absolute Gasteiger partial charge is 0.267 e. The van der Waals surface area contributed by atoms with Crippen molar-refractivity contribution in [3.8, 4) is 5.97 Å². The molecule has 62 valence electrons. The fraction of sp³-hybridized carbons (Fsp3) is 0.889. The van der Waals surface area contributed by atoms with Crippen LogP contribution in [0.25, 0.3) is 0 Å². The molecule has 0 bridgehead atoms. The highest BCUT2D eigenvalue weighted by Crippen LogP contribution is 2.22. The molecule has 0 amide bonds. The predicted octanol–water partition coefficient (Wildman–Crippen LogP) is 3.14. The highest BCUT2D eigenvalue weighted by molar-refractivity contribution is 6.67. The summed E-state index contributed by atoms with van der Waals surface area (Å²) in [6.45, 7) is 6.66. The van der Waals surface area contributed by atoms with Crippen molar-refractivity contribution in [2.24, 2.45) is 0 Å². The molecule has 1 nitrogen and oxygen atoms in total. The second-order valence-electron chi connectivity index (χ2n) is 3.26. The van der Waals surface area contributed by atoms with E-state index in [2.05, 4.69) is 19.8 Å². The summed E-state index contributed by atoms with van der Waals surface area (Å²) in [5, 5.41) is 8.71. The first-order valence-electron chi connectivity index (χ1n) is 4.65. The van der Waals surface area contributed by atoms with Crippen LogP contribution in [0.3, 0.4) is 0 Å². The van der Waals surface area contributed by atoms with E-state index in [1.807, 2.05) is 6.82 Å². The Morgan fingerprint density at radius 1 is 1.27 bits per heavy atom. The maximum Gasteiger partial charge on any atom is 0.267 e. The van der Waals surface area contributed by atoms with Gasteiger partial charge in [0.25, 0.3) is 6.71 Å². The van der Waals surface area contributed by atoms with E-state index >= 15 is 0 Å². The summed E-state index contributed by atoms with van der Waals surface area (Å²) in [5.41, 5.74) is 0. The van der Waals surface area contributed by atoms with Gasteiger partial charge in [0, 0.05) is 5.97 Å². The van der Waals surface area contributed by atoms with Crippen molar-refractivity contribution in [1.29, 1.82) is 5.26 Å². The molecule has 0 saturated heterocycles. The number of hydrogen-bond acceptors (Lipinski definition) is 1. The normalized spacial score (nSPS) is 9.73. The molecule has 0 atom stereocenters. The number of nitrogens with zero attached hydrogens (tertiary/aromatic N) is 1. The summed E-state index contributed by atoms with van der Waals surface area (Å²) in [4.78, 5) is 0. The van der Waals surface area contributed by atoms with Gasteiger partial charge in [0.05, 0.1) is 0 Å². The van der Waals surface area contributed by atoms with E-state index in [4.69, 9.17) is 5.26 Å². The zero-order valence-corrected chi connectivity index (χ0v) is 7.93. The van der Waals surface area contributed by atoms with Crippen LogP contribution >= 0.6 is 0 Å². The monoisotopic (exact) mass is 151 g/mol. The average molecular weight is 151 g/mol. The van der Waals surface area contributed by atoms with Gasteiger partial charge in [0.1, 0.15) is 0 Å². The summed E-state index contributed by atoms with van der Waals surface area (Å²) in [5.74, 6) is 2.97. The molecular weight excluding hydrogens is 133 g/mol. The summed E-state index contributed by atoms with van der Waals surface area (Å²) in [6.07, 6.45) is 4.83. The van der Waals surface area contributed by atoms with Crippen LogP contribution < -0.4 is 0 Å². The van der Waals surface area contributed by atoms with Gasteiger partial charge in [-0.1, -0.05) is 46.4 Å². The van der Waals surface area contributed by atoms with Crippen LogP contribution in [-0.4, -0.2) is 6.71 Å². The van der Waals surface area contributed by atoms with Crippen molar-refractivity contribution in [2.45, 2.75) is 52.2 Å². The van der Waals surface area contributed by atoms with E-state index in [1.54, 1.807) is 0 Å². The molecule has 0 aliphatic heterocycles. The molecule has 0 fully saturated rings. The van der Waals surface area contributed by atoms with Crippen molar-refractivity contribution >= 4 is 6.71 Å². The Labute approximate surface area is 70.9 Å². The minimum Gasteiger partial charge on any atom is -0.213 e. The van der Waals surface area contributed by atoms with Crippen LogP contribution in [0.5, 0.6) is 0 Å². The van der Waals surface area contributed by atoms with Crippen LogP contribution in [0.4, 0.5) is 0 Å². The van der Waals surface area contributed by atoms with Crippen LogP contribution in [0.1, 0.15) is 39.5 Å². The first-order valence-corrected chi connectivity index (χ1v) is 4.65. The van der Waals surface area contributed by atoms with Crippen molar-refractivity contribution in [1.82, 2.24) is 0 Å². The fourth-order valence-corrected chi connectivity index (χ4v) is 1.49. The maximum absolute atomic E-state index is 8.71. The third-order valence-corrected chi connectivity index (χ3v) is 2.23. The fourth-order valence-electron chi connectivity index (χ4n) is 1.49. The van der Waals surface area contributed by atoms with Gasteiger partial charge in [-0.2, -0.15) is 0 Å². The van der Waals surface area contributed by atoms with Gasteiger partial charge in [-0.25, -0.2) is 5.26 Å². The van der Waals surface area contributed by atoms with Crippen LogP contribution in [0.15, 0.2) is 0 Å². The lowest BCUT2D eigenvalue weighted by Crippen LogP contribution is -2.14. The summed E-state index contributed by atoms with van der Waals surface area (Å²) >= 11 is 0. The molecule has 2 heteroatoms. The van der Waals surface area contributed by atoms with Gasteiger partial charge in [-0.15, -0.1) is 0 Å². The van der Waals surface area contributed by atoms with Gasteiger partial charge in [0.15, 0.2) is 0 Å². The Kier molecular flexibility index (Phi) is 6.02. The van der Waals surface area contributed by atoms with Crippen LogP contribution in [0.2, 0.25) is 12.6 Å². The smallest absolute Gasteiger partial charge is 0.213 e. The van der Waals surface area contributed by atoms with Gasteiger partial charge < -0.3 is 0 Å². The Hall–Kier alpha value is -0.445. The molecule has 0 unspecified atom stereocenters. The van der Waals surface area contributed by atoms with Crippen molar-refractivity contribution < 1.29 is 0 Å². The first kappa shape index (κ1) is 10.6. The molecule has 0 aromatic heterocycles. The number of nitriles is 1. The Morgan fingerprint density at radius 2 is 1.73 bits per heavy atom. The van der Waals surface area contributed by atoms with Crippen molar-refractivity contribution in [3.63, 3.8) is 0 Å². The third-order valence-electron chi connectivity index (χ3n) is 2.23. The zero-order valence-electron chi connectivity index (χ0n) is 7.93. The van der Waals surface area contributed by atoms with E-state index in [1.165, 1.54) is 25.7 Å². The lowest BCUT2D eigenvalue weighted by atomic mass is 9.42. The lowest BCUT2D eigenvalue weighted by Gasteiger charge is -2.13. The van der Waals surface area contributed by atoms with Gasteiger partial charge in [-0.05, 0) is 5.82 Å². The molecular formula is C9H18BN. The summed E-state index contributed by atoms with van der Waals surface area (Å²) < 4.78 is 0. The van der Waals surface area contributed by atoms with Crippen molar-refractivity contribution in [3.05, 3.63) is 0 Å². The quantitative estimate of drug-likeness (QED) is 0.553. The molecule has 0 aromatic rings. The van der Waals surface area contributed by atoms with E-state index < -0.39 is 0 Å². The molecule has 0 aliphatic rings. The molecule has 0 spiro atoms. The number of hydrogen-bond donors (Lipinski definition) is 0. The second kappa shape index (κ2) is 6.28. The average Bonchev–Trinajstić information content (AvgIpc) is 2.03.